The van der Waals surface area contributed by atoms with E-state index in [-0.39, 0.29) is 11.3 Å². The number of aromatic amines is 1. The topological polar surface area (TPSA) is 94.1 Å². The number of aromatic hydroxyl groups is 1. The first-order valence-electron chi connectivity index (χ1n) is 10.4. The van der Waals surface area contributed by atoms with E-state index in [0.29, 0.717) is 29.4 Å². The maximum Gasteiger partial charge on any atom is 0.248 e. The van der Waals surface area contributed by atoms with E-state index in [4.69, 9.17) is 0 Å². The molecule has 0 unspecified atom stereocenters. The number of hydrogen-bond acceptors (Lipinski definition) is 6. The number of rotatable bonds is 4. The zero-order valence-corrected chi connectivity index (χ0v) is 16.9. The summed E-state index contributed by atoms with van der Waals surface area (Å²) >= 11 is 0. The van der Waals surface area contributed by atoms with Gasteiger partial charge in [0.2, 0.25) is 5.56 Å². The molecule has 2 aliphatic rings. The van der Waals surface area contributed by atoms with Crippen molar-refractivity contribution in [3.8, 4) is 28.1 Å². The molecule has 7 nitrogen and oxygen atoms in total. The second-order valence-electron chi connectivity index (χ2n) is 8.32. The third kappa shape index (κ3) is 3.57. The van der Waals surface area contributed by atoms with Crippen molar-refractivity contribution in [1.82, 2.24) is 20.5 Å². The molecule has 0 aliphatic carbocycles. The van der Waals surface area contributed by atoms with Crippen molar-refractivity contribution in [2.24, 2.45) is 0 Å². The van der Waals surface area contributed by atoms with Gasteiger partial charge in [-0.15, -0.1) is 10.2 Å². The molecule has 30 heavy (non-hydrogen) atoms. The van der Waals surface area contributed by atoms with Gasteiger partial charge in [-0.25, -0.2) is 0 Å². The zero-order chi connectivity index (χ0) is 20.7. The number of fused-ring (bicyclic) bond motifs is 2. The van der Waals surface area contributed by atoms with Crippen LogP contribution in [0.15, 0.2) is 53.5 Å². The Balaban J connectivity index is 1.35. The van der Waals surface area contributed by atoms with Crippen LogP contribution in [0.2, 0.25) is 0 Å². The molecule has 7 heteroatoms. The summed E-state index contributed by atoms with van der Waals surface area (Å²) in [5.41, 5.74) is 2.58. The number of piperidine rings is 1. The van der Waals surface area contributed by atoms with Crippen molar-refractivity contribution < 1.29 is 5.11 Å². The van der Waals surface area contributed by atoms with Crippen molar-refractivity contribution in [2.45, 2.75) is 43.8 Å². The molecule has 2 fully saturated rings. The molecule has 154 valence electrons. The second-order valence-corrected chi connectivity index (χ2v) is 8.32. The molecule has 2 saturated heterocycles. The fourth-order valence-corrected chi connectivity index (χ4v) is 4.74. The van der Waals surface area contributed by atoms with E-state index in [9.17, 15) is 9.90 Å². The lowest BCUT2D eigenvalue weighted by Crippen LogP contribution is -2.47. The van der Waals surface area contributed by atoms with Crippen LogP contribution < -0.4 is 15.8 Å². The smallest absolute Gasteiger partial charge is 0.248 e. The van der Waals surface area contributed by atoms with Gasteiger partial charge in [0.25, 0.3) is 0 Å². The van der Waals surface area contributed by atoms with E-state index in [0.717, 1.165) is 29.8 Å². The van der Waals surface area contributed by atoms with Gasteiger partial charge in [0.15, 0.2) is 5.82 Å². The van der Waals surface area contributed by atoms with Gasteiger partial charge in [0.1, 0.15) is 5.75 Å². The van der Waals surface area contributed by atoms with Crippen LogP contribution in [-0.4, -0.2) is 45.5 Å². The first-order chi connectivity index (χ1) is 14.6. The van der Waals surface area contributed by atoms with Gasteiger partial charge in [-0.3, -0.25) is 4.79 Å². The number of hydrogen-bond donors (Lipinski definition) is 3. The van der Waals surface area contributed by atoms with E-state index in [1.54, 1.807) is 18.3 Å². The Labute approximate surface area is 174 Å². The summed E-state index contributed by atoms with van der Waals surface area (Å²) < 4.78 is 0. The highest BCUT2D eigenvalue weighted by atomic mass is 16.3. The Morgan fingerprint density at radius 2 is 1.77 bits per heavy atom. The van der Waals surface area contributed by atoms with E-state index < -0.39 is 0 Å². The molecule has 0 amide bonds. The minimum atomic E-state index is -0.177. The number of benzene rings is 1. The standard InChI is InChI=1S/C23H25N5O2/c1-28(18-12-16-3-4-17(13-18)25-16)22-7-6-20(26-27-22)19-5-2-14(10-21(19)29)15-8-9-24-23(30)11-15/h2,5-11,16-18,25,29H,3-4,12-13H2,1H3,(H,24,30)/t16-,17+,18-. The highest BCUT2D eigenvalue weighted by Gasteiger charge is 2.35. The Morgan fingerprint density at radius 1 is 1.00 bits per heavy atom. The summed E-state index contributed by atoms with van der Waals surface area (Å²) in [5, 5.41) is 23.0. The molecule has 3 atom stereocenters. The third-order valence-electron chi connectivity index (χ3n) is 6.39. The van der Waals surface area contributed by atoms with Gasteiger partial charge in [0, 0.05) is 43.0 Å². The molecule has 3 N–H and O–H groups in total. The number of anilines is 1. The van der Waals surface area contributed by atoms with Crippen LogP contribution in [-0.2, 0) is 0 Å². The van der Waals surface area contributed by atoms with E-state index in [1.807, 2.05) is 24.3 Å². The zero-order valence-electron chi connectivity index (χ0n) is 16.9. The van der Waals surface area contributed by atoms with Gasteiger partial charge in [-0.1, -0.05) is 6.07 Å². The minimum absolute atomic E-state index is 0.109. The molecule has 0 saturated carbocycles. The van der Waals surface area contributed by atoms with Gasteiger partial charge >= 0.3 is 0 Å². The first kappa shape index (κ1) is 18.8. The van der Waals surface area contributed by atoms with Crippen molar-refractivity contribution >= 4 is 5.82 Å². The summed E-state index contributed by atoms with van der Waals surface area (Å²) in [7, 11) is 2.09. The van der Waals surface area contributed by atoms with Crippen molar-refractivity contribution in [1.29, 1.82) is 0 Å². The van der Waals surface area contributed by atoms with Crippen molar-refractivity contribution in [3.63, 3.8) is 0 Å². The summed E-state index contributed by atoms with van der Waals surface area (Å²) in [6.45, 7) is 0. The second kappa shape index (κ2) is 7.57. The highest BCUT2D eigenvalue weighted by Crippen LogP contribution is 2.33. The SMILES string of the molecule is CN(c1ccc(-c2ccc(-c3cc[nH]c(=O)c3)cc2O)nn1)[C@@H]1C[C@H]2CC[C@@H](C1)N2. The van der Waals surface area contributed by atoms with Crippen LogP contribution in [0.3, 0.4) is 0 Å². The number of phenols is 1. The maximum atomic E-state index is 11.5. The summed E-state index contributed by atoms with van der Waals surface area (Å²) in [5.74, 6) is 0.961. The molecule has 2 bridgehead atoms. The minimum Gasteiger partial charge on any atom is -0.507 e. The number of phenolic OH excluding ortho intramolecular Hbond substituents is 1. The molecule has 2 aliphatic heterocycles. The predicted octanol–water partition coefficient (Wildman–Crippen LogP) is 2.92. The van der Waals surface area contributed by atoms with E-state index >= 15 is 0 Å². The molecule has 5 rings (SSSR count). The van der Waals surface area contributed by atoms with Crippen LogP contribution in [0, 0.1) is 0 Å². The lowest BCUT2D eigenvalue weighted by Gasteiger charge is -2.36. The number of nitrogens with one attached hydrogen (secondary N) is 2. The number of H-pyrrole nitrogens is 1. The Morgan fingerprint density at radius 3 is 2.43 bits per heavy atom. The monoisotopic (exact) mass is 403 g/mol. The largest absolute Gasteiger partial charge is 0.507 e. The number of pyridine rings is 1. The third-order valence-corrected chi connectivity index (χ3v) is 6.39. The van der Waals surface area contributed by atoms with Gasteiger partial charge < -0.3 is 20.3 Å². The number of aromatic nitrogens is 3. The Bertz CT molecular complexity index is 1100. The Hall–Kier alpha value is -3.19. The molecule has 0 spiro atoms. The molecular formula is C23H25N5O2. The molecular weight excluding hydrogens is 378 g/mol. The number of nitrogens with zero attached hydrogens (tertiary/aromatic N) is 3. The molecule has 1 aromatic carbocycles. The summed E-state index contributed by atoms with van der Waals surface area (Å²) in [6, 6.07) is 14.2. The molecule has 0 radical (unpaired) electrons. The van der Waals surface area contributed by atoms with Crippen LogP contribution in [0.1, 0.15) is 25.7 Å². The van der Waals surface area contributed by atoms with Gasteiger partial charge in [-0.2, -0.15) is 0 Å². The van der Waals surface area contributed by atoms with E-state index in [2.05, 4.69) is 32.4 Å². The highest BCUT2D eigenvalue weighted by molar-refractivity contribution is 5.74. The molecule has 4 heterocycles. The van der Waals surface area contributed by atoms with Crippen LogP contribution in [0.4, 0.5) is 5.82 Å². The van der Waals surface area contributed by atoms with Gasteiger partial charge in [-0.05, 0) is 67.1 Å². The average Bonchev–Trinajstić information content (AvgIpc) is 3.10. The van der Waals surface area contributed by atoms with Crippen molar-refractivity contribution in [2.75, 3.05) is 11.9 Å². The van der Waals surface area contributed by atoms with Crippen LogP contribution in [0.5, 0.6) is 5.75 Å². The lowest BCUT2D eigenvalue weighted by atomic mass is 9.98. The summed E-state index contributed by atoms with van der Waals surface area (Å²) in [6.07, 6.45) is 6.41. The normalized spacial score (nSPS) is 22.8. The van der Waals surface area contributed by atoms with Crippen LogP contribution in [0.25, 0.3) is 22.4 Å². The summed E-state index contributed by atoms with van der Waals surface area (Å²) in [4.78, 5) is 16.4. The fourth-order valence-electron chi connectivity index (χ4n) is 4.74. The molecule has 2 aromatic heterocycles. The fraction of sp³-hybridized carbons (Fsp3) is 0.348. The van der Waals surface area contributed by atoms with Crippen molar-refractivity contribution in [3.05, 3.63) is 59.0 Å². The predicted molar refractivity (Wildman–Crippen MR) is 117 cm³/mol. The lowest BCUT2D eigenvalue weighted by molar-refractivity contribution is 0.353. The Kier molecular flexibility index (Phi) is 4.75. The maximum absolute atomic E-state index is 11.5. The van der Waals surface area contributed by atoms with Gasteiger partial charge in [0.05, 0.1) is 5.69 Å². The quantitative estimate of drug-likeness (QED) is 0.620. The van der Waals surface area contributed by atoms with Crippen LogP contribution >= 0.6 is 0 Å². The molecule has 3 aromatic rings. The average molecular weight is 403 g/mol. The first-order valence-corrected chi connectivity index (χ1v) is 10.4. The van der Waals surface area contributed by atoms with E-state index in [1.165, 1.54) is 18.9 Å².